The van der Waals surface area contributed by atoms with Gasteiger partial charge in [0.05, 0.1) is 11.4 Å². The normalized spacial score (nSPS) is 12.0. The van der Waals surface area contributed by atoms with Crippen LogP contribution in [0.2, 0.25) is 0 Å². The summed E-state index contributed by atoms with van der Waals surface area (Å²) in [5.74, 6) is 0.169. The molecular weight excluding hydrogens is 388 g/mol. The van der Waals surface area contributed by atoms with Gasteiger partial charge in [-0.2, -0.15) is 10.1 Å². The molecule has 0 radical (unpaired) electrons. The lowest BCUT2D eigenvalue weighted by Gasteiger charge is -2.15. The molecule has 1 atom stereocenters. The van der Waals surface area contributed by atoms with Gasteiger partial charge < -0.3 is 10.1 Å². The molecular formula is C25H26N4O2. The number of fused-ring (bicyclic) bond motifs is 1. The molecule has 0 aliphatic carbocycles. The molecule has 4 rings (SSSR count). The summed E-state index contributed by atoms with van der Waals surface area (Å²) in [6.45, 7) is 7.79. The van der Waals surface area contributed by atoms with Gasteiger partial charge in [-0.25, -0.2) is 4.68 Å². The highest BCUT2D eigenvalue weighted by Gasteiger charge is 2.19. The van der Waals surface area contributed by atoms with Gasteiger partial charge in [0.1, 0.15) is 0 Å². The number of aryl methyl sites for hydroxylation is 3. The molecule has 0 unspecified atom stereocenters. The molecule has 2 heterocycles. The van der Waals surface area contributed by atoms with Gasteiger partial charge in [0, 0.05) is 17.1 Å². The lowest BCUT2D eigenvalue weighted by Crippen LogP contribution is -2.30. The Bertz CT molecular complexity index is 1210. The first-order valence-electron chi connectivity index (χ1n) is 10.4. The zero-order valence-corrected chi connectivity index (χ0v) is 18.2. The summed E-state index contributed by atoms with van der Waals surface area (Å²) in [6, 6.07) is 19.5. The molecule has 0 spiro atoms. The number of hydrogen-bond acceptors (Lipinski definition) is 4. The second-order valence-corrected chi connectivity index (χ2v) is 7.61. The lowest BCUT2D eigenvalue weighted by atomic mass is 10.1. The minimum atomic E-state index is -0.704. The van der Waals surface area contributed by atoms with E-state index in [4.69, 9.17) is 4.74 Å². The third-order valence-corrected chi connectivity index (χ3v) is 5.28. The van der Waals surface area contributed by atoms with Crippen molar-refractivity contribution >= 4 is 22.6 Å². The third-order valence-electron chi connectivity index (χ3n) is 5.28. The van der Waals surface area contributed by atoms with Crippen LogP contribution in [0.5, 0.6) is 5.88 Å². The van der Waals surface area contributed by atoms with Crippen molar-refractivity contribution < 1.29 is 9.53 Å². The van der Waals surface area contributed by atoms with Gasteiger partial charge in [-0.15, -0.1) is 0 Å². The molecule has 1 amide bonds. The first kappa shape index (κ1) is 20.6. The van der Waals surface area contributed by atoms with Crippen molar-refractivity contribution in [1.82, 2.24) is 14.8 Å². The van der Waals surface area contributed by atoms with Crippen molar-refractivity contribution in [3.05, 3.63) is 77.5 Å². The predicted molar refractivity (Wildman–Crippen MR) is 123 cm³/mol. The first-order chi connectivity index (χ1) is 15.0. The fourth-order valence-corrected chi connectivity index (χ4v) is 3.59. The van der Waals surface area contributed by atoms with Crippen LogP contribution in [0.3, 0.4) is 0 Å². The number of pyridine rings is 1. The van der Waals surface area contributed by atoms with Crippen molar-refractivity contribution in [2.75, 3.05) is 5.32 Å². The van der Waals surface area contributed by atoms with E-state index in [1.807, 2.05) is 79.2 Å². The molecule has 2 aromatic heterocycles. The zero-order valence-electron chi connectivity index (χ0n) is 18.2. The number of ether oxygens (including phenoxy) is 1. The Balaban J connectivity index is 1.58. The van der Waals surface area contributed by atoms with Crippen LogP contribution in [0.25, 0.3) is 16.7 Å². The maximum Gasteiger partial charge on any atom is 0.265 e. The van der Waals surface area contributed by atoms with E-state index >= 15 is 0 Å². The SMILES string of the molecule is CCc1ccc(NC(=O)[C@H](C)Oc2cc(C)c3c(C)nn(-c4ccccc4)c3n2)cc1. The number of amides is 1. The van der Waals surface area contributed by atoms with E-state index in [1.54, 1.807) is 6.92 Å². The smallest absolute Gasteiger partial charge is 0.265 e. The molecule has 0 bridgehead atoms. The number of aromatic nitrogens is 3. The van der Waals surface area contributed by atoms with E-state index in [9.17, 15) is 4.79 Å². The van der Waals surface area contributed by atoms with Gasteiger partial charge in [0.15, 0.2) is 11.8 Å². The van der Waals surface area contributed by atoms with E-state index in [-0.39, 0.29) is 5.91 Å². The molecule has 158 valence electrons. The van der Waals surface area contributed by atoms with Crippen LogP contribution in [-0.4, -0.2) is 26.8 Å². The lowest BCUT2D eigenvalue weighted by molar-refractivity contribution is -0.122. The molecule has 0 saturated heterocycles. The zero-order chi connectivity index (χ0) is 22.0. The molecule has 2 aromatic carbocycles. The number of benzene rings is 2. The first-order valence-corrected chi connectivity index (χ1v) is 10.4. The molecule has 4 aromatic rings. The second kappa shape index (κ2) is 8.60. The highest BCUT2D eigenvalue weighted by molar-refractivity contribution is 5.94. The van der Waals surface area contributed by atoms with Gasteiger partial charge in [-0.3, -0.25) is 4.79 Å². The number of anilines is 1. The molecule has 31 heavy (non-hydrogen) atoms. The van der Waals surface area contributed by atoms with E-state index in [1.165, 1.54) is 5.56 Å². The van der Waals surface area contributed by atoms with Crippen LogP contribution in [0.4, 0.5) is 5.69 Å². The third kappa shape index (κ3) is 4.28. The van der Waals surface area contributed by atoms with E-state index < -0.39 is 6.10 Å². The van der Waals surface area contributed by atoms with Crippen LogP contribution in [0.15, 0.2) is 60.7 Å². The minimum absolute atomic E-state index is 0.225. The monoisotopic (exact) mass is 414 g/mol. The maximum atomic E-state index is 12.6. The molecule has 6 heteroatoms. The molecule has 1 N–H and O–H groups in total. The van der Waals surface area contributed by atoms with Crippen LogP contribution >= 0.6 is 0 Å². The standard InChI is InChI=1S/C25H26N4O2/c1-5-19-11-13-20(14-12-19)26-25(30)18(4)31-22-15-16(2)23-17(3)28-29(24(23)27-22)21-9-7-6-8-10-21/h6-15,18H,5H2,1-4H3,(H,26,30)/t18-/m0/s1. The Labute approximate surface area is 181 Å². The van der Waals surface area contributed by atoms with Gasteiger partial charge in [0.2, 0.25) is 5.88 Å². The number of rotatable bonds is 6. The Morgan fingerprint density at radius 3 is 2.48 bits per heavy atom. The highest BCUT2D eigenvalue weighted by Crippen LogP contribution is 2.27. The summed E-state index contributed by atoms with van der Waals surface area (Å²) in [5, 5.41) is 8.55. The number of nitrogens with one attached hydrogen (secondary N) is 1. The van der Waals surface area contributed by atoms with Crippen LogP contribution in [0, 0.1) is 13.8 Å². The van der Waals surface area contributed by atoms with Crippen molar-refractivity contribution in [2.45, 2.75) is 40.2 Å². The topological polar surface area (TPSA) is 69.0 Å². The largest absolute Gasteiger partial charge is 0.464 e. The number of nitrogens with zero attached hydrogens (tertiary/aromatic N) is 3. The fraction of sp³-hybridized carbons (Fsp3) is 0.240. The summed E-state index contributed by atoms with van der Waals surface area (Å²) in [7, 11) is 0. The Morgan fingerprint density at radius 2 is 1.81 bits per heavy atom. The number of para-hydroxylation sites is 1. The van der Waals surface area contributed by atoms with E-state index in [0.29, 0.717) is 11.5 Å². The quantitative estimate of drug-likeness (QED) is 0.482. The van der Waals surface area contributed by atoms with Gasteiger partial charge in [-0.1, -0.05) is 37.3 Å². The molecule has 0 aliphatic rings. The minimum Gasteiger partial charge on any atom is -0.464 e. The van der Waals surface area contributed by atoms with Gasteiger partial charge in [0.25, 0.3) is 5.91 Å². The second-order valence-electron chi connectivity index (χ2n) is 7.61. The highest BCUT2D eigenvalue weighted by atomic mass is 16.5. The average molecular weight is 415 g/mol. The van der Waals surface area contributed by atoms with E-state index in [0.717, 1.165) is 34.4 Å². The number of carbonyl (C=O) groups is 1. The summed E-state index contributed by atoms with van der Waals surface area (Å²) in [6.07, 6.45) is 0.254. The van der Waals surface area contributed by atoms with Crippen LogP contribution < -0.4 is 10.1 Å². The van der Waals surface area contributed by atoms with Crippen molar-refractivity contribution in [2.24, 2.45) is 0 Å². The summed E-state index contributed by atoms with van der Waals surface area (Å²) in [4.78, 5) is 17.3. The fourth-order valence-electron chi connectivity index (χ4n) is 3.59. The average Bonchev–Trinajstić information content (AvgIpc) is 3.11. The molecule has 0 aliphatic heterocycles. The number of hydrogen-bond donors (Lipinski definition) is 1. The number of carbonyl (C=O) groups excluding carboxylic acids is 1. The maximum absolute atomic E-state index is 12.6. The Hall–Kier alpha value is -3.67. The Kier molecular flexibility index (Phi) is 5.71. The van der Waals surface area contributed by atoms with Crippen molar-refractivity contribution in [3.63, 3.8) is 0 Å². The van der Waals surface area contributed by atoms with Crippen LogP contribution in [-0.2, 0) is 11.2 Å². The molecule has 6 nitrogen and oxygen atoms in total. The summed E-state index contributed by atoms with van der Waals surface area (Å²) in [5.41, 5.74) is 5.50. The predicted octanol–water partition coefficient (Wildman–Crippen LogP) is 5.01. The molecule has 0 fully saturated rings. The van der Waals surface area contributed by atoms with Gasteiger partial charge >= 0.3 is 0 Å². The summed E-state index contributed by atoms with van der Waals surface area (Å²) >= 11 is 0. The van der Waals surface area contributed by atoms with E-state index in [2.05, 4.69) is 22.3 Å². The molecule has 0 saturated carbocycles. The van der Waals surface area contributed by atoms with Crippen molar-refractivity contribution in [3.8, 4) is 11.6 Å². The Morgan fingerprint density at radius 1 is 1.10 bits per heavy atom. The van der Waals surface area contributed by atoms with Crippen molar-refractivity contribution in [1.29, 1.82) is 0 Å². The van der Waals surface area contributed by atoms with Gasteiger partial charge in [-0.05, 0) is 62.6 Å². The van der Waals surface area contributed by atoms with Crippen LogP contribution in [0.1, 0.15) is 30.7 Å². The summed E-state index contributed by atoms with van der Waals surface area (Å²) < 4.78 is 7.73.